The Morgan fingerprint density at radius 3 is 2.65 bits per heavy atom. The maximum atomic E-state index is 12.1. The molecule has 4 aromatic rings. The van der Waals surface area contributed by atoms with Gasteiger partial charge in [0.2, 0.25) is 0 Å². The van der Waals surface area contributed by atoms with Gasteiger partial charge in [0, 0.05) is 28.5 Å². The summed E-state index contributed by atoms with van der Waals surface area (Å²) in [6.07, 6.45) is 3.57. The zero-order valence-corrected chi connectivity index (χ0v) is 17.4. The molecule has 156 valence electrons. The number of nitrogens with one attached hydrogen (secondary N) is 1. The summed E-state index contributed by atoms with van der Waals surface area (Å²) in [6.45, 7) is 1.90. The molecule has 31 heavy (non-hydrogen) atoms. The lowest BCUT2D eigenvalue weighted by molar-refractivity contribution is -0.123. The van der Waals surface area contributed by atoms with Crippen LogP contribution in [-0.4, -0.2) is 30.4 Å². The second-order valence-electron chi connectivity index (χ2n) is 7.04. The molecular formula is C25H23N3O3. The molecule has 0 unspecified atom stereocenters. The van der Waals surface area contributed by atoms with Crippen LogP contribution in [0.1, 0.15) is 11.3 Å². The minimum atomic E-state index is -0.324. The highest BCUT2D eigenvalue weighted by Gasteiger charge is 2.06. The Morgan fingerprint density at radius 1 is 1.06 bits per heavy atom. The average Bonchev–Trinajstić information content (AvgIpc) is 3.18. The van der Waals surface area contributed by atoms with Crippen LogP contribution in [0.25, 0.3) is 16.5 Å². The highest BCUT2D eigenvalue weighted by molar-refractivity contribution is 5.89. The number of methoxy groups -OCH3 is 1. The third-order valence-corrected chi connectivity index (χ3v) is 4.90. The highest BCUT2D eigenvalue weighted by Crippen LogP contribution is 2.25. The quantitative estimate of drug-likeness (QED) is 0.359. The molecule has 3 aromatic carbocycles. The van der Waals surface area contributed by atoms with Gasteiger partial charge in [0.1, 0.15) is 11.5 Å². The molecule has 1 heterocycles. The number of amides is 1. The number of carbonyl (C=O) groups is 1. The van der Waals surface area contributed by atoms with Gasteiger partial charge in [-0.25, -0.2) is 5.43 Å². The SMILES string of the molecule is COc1ccc(-n2cc(/C=N/NC(=O)COc3cccc4ccccc34)cc2C)cc1. The Kier molecular flexibility index (Phi) is 5.98. The molecule has 0 aliphatic carbocycles. The molecule has 0 aliphatic heterocycles. The molecule has 0 atom stereocenters. The predicted octanol–water partition coefficient (Wildman–Crippen LogP) is 4.48. The predicted molar refractivity (Wildman–Crippen MR) is 122 cm³/mol. The van der Waals surface area contributed by atoms with Gasteiger partial charge in [-0.05, 0) is 48.7 Å². The van der Waals surface area contributed by atoms with E-state index in [1.807, 2.05) is 90.5 Å². The molecule has 0 aliphatic rings. The van der Waals surface area contributed by atoms with E-state index in [1.54, 1.807) is 13.3 Å². The Hall–Kier alpha value is -4.06. The molecule has 1 aromatic heterocycles. The van der Waals surface area contributed by atoms with E-state index in [-0.39, 0.29) is 12.5 Å². The van der Waals surface area contributed by atoms with Crippen LogP contribution in [0.5, 0.6) is 11.5 Å². The van der Waals surface area contributed by atoms with E-state index >= 15 is 0 Å². The maximum Gasteiger partial charge on any atom is 0.277 e. The van der Waals surface area contributed by atoms with E-state index in [2.05, 4.69) is 10.5 Å². The van der Waals surface area contributed by atoms with E-state index in [1.165, 1.54) is 0 Å². The lowest BCUT2D eigenvalue weighted by Gasteiger charge is -2.08. The average molecular weight is 413 g/mol. The number of hydrogen-bond donors (Lipinski definition) is 1. The van der Waals surface area contributed by atoms with Crippen molar-refractivity contribution in [2.45, 2.75) is 6.92 Å². The first-order valence-corrected chi connectivity index (χ1v) is 9.90. The monoisotopic (exact) mass is 413 g/mol. The molecule has 4 rings (SSSR count). The van der Waals surface area contributed by atoms with Gasteiger partial charge < -0.3 is 14.0 Å². The van der Waals surface area contributed by atoms with Crippen LogP contribution in [0.2, 0.25) is 0 Å². The smallest absolute Gasteiger partial charge is 0.277 e. The minimum Gasteiger partial charge on any atom is -0.497 e. The van der Waals surface area contributed by atoms with Crippen LogP contribution < -0.4 is 14.9 Å². The largest absolute Gasteiger partial charge is 0.497 e. The summed E-state index contributed by atoms with van der Waals surface area (Å²) in [6, 6.07) is 23.4. The zero-order chi connectivity index (χ0) is 21.6. The van der Waals surface area contributed by atoms with Crippen LogP contribution in [0.4, 0.5) is 0 Å². The van der Waals surface area contributed by atoms with E-state index in [9.17, 15) is 4.79 Å². The number of hydrogen-bond acceptors (Lipinski definition) is 4. The lowest BCUT2D eigenvalue weighted by atomic mass is 10.1. The third-order valence-electron chi connectivity index (χ3n) is 4.90. The Balaban J connectivity index is 1.35. The van der Waals surface area contributed by atoms with Gasteiger partial charge in [-0.15, -0.1) is 0 Å². The van der Waals surface area contributed by atoms with Crippen LogP contribution in [0, 0.1) is 6.92 Å². The Bertz CT molecular complexity index is 1220. The number of fused-ring (bicyclic) bond motifs is 1. The van der Waals surface area contributed by atoms with Crippen molar-refractivity contribution >= 4 is 22.9 Å². The fourth-order valence-electron chi connectivity index (χ4n) is 3.37. The molecule has 6 nitrogen and oxygen atoms in total. The number of hydrazone groups is 1. The normalized spacial score (nSPS) is 11.0. The summed E-state index contributed by atoms with van der Waals surface area (Å²) >= 11 is 0. The standard InChI is InChI=1S/C25H23N3O3/c1-18-14-19(16-28(18)21-10-12-22(30-2)13-11-21)15-26-27-25(29)17-31-24-9-5-7-20-6-3-4-8-23(20)24/h3-16H,17H2,1-2H3,(H,27,29)/b26-15+. The maximum absolute atomic E-state index is 12.1. The highest BCUT2D eigenvalue weighted by atomic mass is 16.5. The van der Waals surface area contributed by atoms with Crippen LogP contribution in [-0.2, 0) is 4.79 Å². The fraction of sp³-hybridized carbons (Fsp3) is 0.120. The van der Waals surface area contributed by atoms with E-state index in [4.69, 9.17) is 9.47 Å². The van der Waals surface area contributed by atoms with E-state index < -0.39 is 0 Å². The summed E-state index contributed by atoms with van der Waals surface area (Å²) in [5.74, 6) is 1.16. The van der Waals surface area contributed by atoms with Gasteiger partial charge in [0.15, 0.2) is 6.61 Å². The Morgan fingerprint density at radius 2 is 1.84 bits per heavy atom. The first-order chi connectivity index (χ1) is 15.1. The minimum absolute atomic E-state index is 0.114. The van der Waals surface area contributed by atoms with Crippen molar-refractivity contribution in [3.63, 3.8) is 0 Å². The Labute approximate surface area is 180 Å². The summed E-state index contributed by atoms with van der Waals surface area (Å²) in [5.41, 5.74) is 5.46. The number of aromatic nitrogens is 1. The first kappa shape index (κ1) is 20.2. The molecule has 0 saturated carbocycles. The van der Waals surface area contributed by atoms with Gasteiger partial charge in [-0.1, -0.05) is 36.4 Å². The van der Waals surface area contributed by atoms with Gasteiger partial charge >= 0.3 is 0 Å². The number of rotatable bonds is 7. The molecule has 1 N–H and O–H groups in total. The molecule has 0 fully saturated rings. The van der Waals surface area contributed by atoms with Crippen molar-refractivity contribution < 1.29 is 14.3 Å². The van der Waals surface area contributed by atoms with Crippen molar-refractivity contribution in [3.05, 3.63) is 90.3 Å². The first-order valence-electron chi connectivity index (χ1n) is 9.90. The third kappa shape index (κ3) is 4.75. The molecule has 0 radical (unpaired) electrons. The molecule has 0 bridgehead atoms. The molecule has 0 spiro atoms. The van der Waals surface area contributed by atoms with Gasteiger partial charge in [0.25, 0.3) is 5.91 Å². The van der Waals surface area contributed by atoms with Crippen molar-refractivity contribution in [1.29, 1.82) is 0 Å². The van der Waals surface area contributed by atoms with Crippen molar-refractivity contribution in [1.82, 2.24) is 9.99 Å². The van der Waals surface area contributed by atoms with E-state index in [0.29, 0.717) is 5.75 Å². The number of carbonyl (C=O) groups excluding carboxylic acids is 1. The van der Waals surface area contributed by atoms with Crippen molar-refractivity contribution in [2.24, 2.45) is 5.10 Å². The van der Waals surface area contributed by atoms with Crippen molar-refractivity contribution in [2.75, 3.05) is 13.7 Å². The molecular weight excluding hydrogens is 390 g/mol. The topological polar surface area (TPSA) is 64.8 Å². The molecule has 1 amide bonds. The summed E-state index contributed by atoms with van der Waals surface area (Å²) in [5, 5.41) is 6.09. The van der Waals surface area contributed by atoms with Gasteiger partial charge in [0.05, 0.1) is 13.3 Å². The molecule has 6 heteroatoms. The lowest BCUT2D eigenvalue weighted by Crippen LogP contribution is -2.24. The second-order valence-corrected chi connectivity index (χ2v) is 7.04. The van der Waals surface area contributed by atoms with Crippen molar-refractivity contribution in [3.8, 4) is 17.2 Å². The zero-order valence-electron chi connectivity index (χ0n) is 17.4. The second kappa shape index (κ2) is 9.17. The van der Waals surface area contributed by atoms with Crippen LogP contribution in [0.15, 0.2) is 84.1 Å². The van der Waals surface area contributed by atoms with Crippen LogP contribution in [0.3, 0.4) is 0 Å². The van der Waals surface area contributed by atoms with Gasteiger partial charge in [-0.3, -0.25) is 4.79 Å². The number of ether oxygens (including phenoxy) is 2. The summed E-state index contributed by atoms with van der Waals surface area (Å²) in [7, 11) is 1.64. The van der Waals surface area contributed by atoms with Gasteiger partial charge in [-0.2, -0.15) is 5.10 Å². The molecule has 0 saturated heterocycles. The van der Waals surface area contributed by atoms with Crippen LogP contribution >= 0.6 is 0 Å². The number of benzene rings is 3. The fourth-order valence-corrected chi connectivity index (χ4v) is 3.37. The number of aryl methyl sites for hydroxylation is 1. The van der Waals surface area contributed by atoms with E-state index in [0.717, 1.165) is 33.5 Å². The number of nitrogens with zero attached hydrogens (tertiary/aromatic N) is 2. The summed E-state index contributed by atoms with van der Waals surface area (Å²) < 4.78 is 12.9. The summed E-state index contributed by atoms with van der Waals surface area (Å²) in [4.78, 5) is 12.1.